The third kappa shape index (κ3) is 5.66. The van der Waals surface area contributed by atoms with Gasteiger partial charge in [-0.25, -0.2) is 9.79 Å². The number of nitrogens with one attached hydrogen (secondary N) is 3. The van der Waals surface area contributed by atoms with Gasteiger partial charge in [0.15, 0.2) is 5.96 Å². The van der Waals surface area contributed by atoms with Crippen LogP contribution in [0.3, 0.4) is 0 Å². The zero-order chi connectivity index (χ0) is 24.3. The Kier molecular flexibility index (Phi) is 7.37. The molecule has 3 heterocycles. The molecule has 0 saturated carbocycles. The van der Waals surface area contributed by atoms with Crippen LogP contribution < -0.4 is 16.0 Å². The van der Waals surface area contributed by atoms with E-state index in [1.807, 2.05) is 24.9 Å². The quantitative estimate of drug-likeness (QED) is 0.521. The molecule has 3 aliphatic heterocycles. The second-order valence-corrected chi connectivity index (χ2v) is 10.6. The Balaban J connectivity index is 1.32. The molecule has 1 aromatic rings. The van der Waals surface area contributed by atoms with E-state index < -0.39 is 10.8 Å². The molecule has 4 rings (SSSR count). The molecule has 0 radical (unpaired) electrons. The molecule has 3 aliphatic rings. The van der Waals surface area contributed by atoms with Crippen LogP contribution in [0, 0.1) is 0 Å². The predicted octanol–water partition coefficient (Wildman–Crippen LogP) is 4.07. The van der Waals surface area contributed by atoms with Gasteiger partial charge in [0, 0.05) is 49.9 Å². The number of halogens is 2. The number of fused-ring (bicyclic) bond motifs is 1. The smallest absolute Gasteiger partial charge is 0.318 e. The average Bonchev–Trinajstić information content (AvgIpc) is 3.09. The Labute approximate surface area is 203 Å². The van der Waals surface area contributed by atoms with Gasteiger partial charge in [-0.2, -0.15) is 8.78 Å². The zero-order valence-electron chi connectivity index (χ0n) is 19.9. The van der Waals surface area contributed by atoms with Gasteiger partial charge < -0.3 is 25.6 Å². The number of rotatable bonds is 6. The van der Waals surface area contributed by atoms with Crippen molar-refractivity contribution in [3.05, 3.63) is 41.6 Å². The monoisotopic (exact) mass is 493 g/mol. The molecule has 3 N–H and O–H groups in total. The zero-order valence-corrected chi connectivity index (χ0v) is 20.7. The standard InChI is InChI=1S/C24H33F2N5O2S/c1-4-24(25,26)34-18-7-5-16(6-8-18)13-28-22(32)31-15-20-19(23(31,2)3)14-27-21(30-20)29-17-9-11-33-12-10-17/h5-8,14,17,20H,4,9-13,15H2,1-3H3,(H,28,32)(H2,27,29,30). The summed E-state index contributed by atoms with van der Waals surface area (Å²) in [5, 5.41) is 7.10. The van der Waals surface area contributed by atoms with Crippen molar-refractivity contribution in [2.24, 2.45) is 4.99 Å². The molecule has 1 atom stereocenters. The normalized spacial score (nSPS) is 22.4. The van der Waals surface area contributed by atoms with Crippen LogP contribution in [0.15, 0.2) is 45.9 Å². The molecule has 10 heteroatoms. The largest absolute Gasteiger partial charge is 0.381 e. The fourth-order valence-electron chi connectivity index (χ4n) is 4.44. The van der Waals surface area contributed by atoms with Crippen molar-refractivity contribution in [1.82, 2.24) is 20.9 Å². The van der Waals surface area contributed by atoms with Crippen molar-refractivity contribution in [2.75, 3.05) is 19.8 Å². The molecule has 0 spiro atoms. The number of alkyl halides is 2. The number of carbonyl (C=O) groups excluding carboxylic acids is 1. The van der Waals surface area contributed by atoms with Gasteiger partial charge in [0.05, 0.1) is 11.6 Å². The molecule has 7 nitrogen and oxygen atoms in total. The predicted molar refractivity (Wildman–Crippen MR) is 130 cm³/mol. The lowest BCUT2D eigenvalue weighted by Crippen LogP contribution is -2.51. The molecule has 2 fully saturated rings. The average molecular weight is 494 g/mol. The van der Waals surface area contributed by atoms with Crippen molar-refractivity contribution in [2.45, 2.75) is 74.4 Å². The number of ether oxygens (including phenoxy) is 1. The highest BCUT2D eigenvalue weighted by atomic mass is 32.2. The van der Waals surface area contributed by atoms with Crippen LogP contribution in [0.1, 0.15) is 45.6 Å². The SMILES string of the molecule is CCC(F)(F)Sc1ccc(CNC(=O)N2CC3NC(NC4CCOCC4)=NC=C3C2(C)C)cc1. The van der Waals surface area contributed by atoms with E-state index in [9.17, 15) is 13.6 Å². The Bertz CT molecular complexity index is 945. The van der Waals surface area contributed by atoms with Crippen LogP contribution in [0.5, 0.6) is 0 Å². The first-order valence-electron chi connectivity index (χ1n) is 11.8. The van der Waals surface area contributed by atoms with Gasteiger partial charge in [0.25, 0.3) is 5.25 Å². The summed E-state index contributed by atoms with van der Waals surface area (Å²) in [4.78, 5) is 19.9. The topological polar surface area (TPSA) is 78.0 Å². The molecular formula is C24H33F2N5O2S. The lowest BCUT2D eigenvalue weighted by atomic mass is 9.93. The van der Waals surface area contributed by atoms with E-state index in [0.29, 0.717) is 35.8 Å². The summed E-state index contributed by atoms with van der Waals surface area (Å²) < 4.78 is 32.6. The number of hydrogen-bond acceptors (Lipinski definition) is 6. The molecule has 186 valence electrons. The van der Waals surface area contributed by atoms with Gasteiger partial charge >= 0.3 is 6.03 Å². The van der Waals surface area contributed by atoms with Gasteiger partial charge in [0.2, 0.25) is 0 Å². The summed E-state index contributed by atoms with van der Waals surface area (Å²) in [6, 6.07) is 7.05. The summed E-state index contributed by atoms with van der Waals surface area (Å²) in [7, 11) is 0. The second-order valence-electron chi connectivity index (χ2n) is 9.36. The molecule has 1 unspecified atom stereocenters. The molecular weight excluding hydrogens is 460 g/mol. The highest BCUT2D eigenvalue weighted by molar-refractivity contribution is 8.00. The first kappa shape index (κ1) is 24.8. The number of hydrogen-bond donors (Lipinski definition) is 3. The summed E-state index contributed by atoms with van der Waals surface area (Å²) in [5.74, 6) is 0.741. The maximum Gasteiger partial charge on any atom is 0.318 e. The summed E-state index contributed by atoms with van der Waals surface area (Å²) in [5.41, 5.74) is 1.44. The third-order valence-corrected chi connectivity index (χ3v) is 7.71. The van der Waals surface area contributed by atoms with Crippen LogP contribution >= 0.6 is 11.8 Å². The second kappa shape index (κ2) is 10.1. The summed E-state index contributed by atoms with van der Waals surface area (Å²) >= 11 is 0.557. The Morgan fingerprint density at radius 2 is 2.00 bits per heavy atom. The van der Waals surface area contributed by atoms with Crippen LogP contribution in [0.25, 0.3) is 0 Å². The first-order valence-corrected chi connectivity index (χ1v) is 12.6. The van der Waals surface area contributed by atoms with E-state index in [1.165, 1.54) is 6.92 Å². The van der Waals surface area contributed by atoms with Crippen molar-refractivity contribution in [3.8, 4) is 0 Å². The van der Waals surface area contributed by atoms with Crippen LogP contribution in [-0.2, 0) is 11.3 Å². The minimum absolute atomic E-state index is 0.00266. The number of thioether (sulfide) groups is 1. The number of aliphatic imine (C=N–C) groups is 1. The number of urea groups is 1. The maximum atomic E-state index is 13.6. The van der Waals surface area contributed by atoms with Crippen LogP contribution in [0.2, 0.25) is 0 Å². The van der Waals surface area contributed by atoms with E-state index in [2.05, 4.69) is 20.9 Å². The van der Waals surface area contributed by atoms with Gasteiger partial charge in [-0.05, 0) is 50.0 Å². The highest BCUT2D eigenvalue weighted by Crippen LogP contribution is 2.38. The van der Waals surface area contributed by atoms with Crippen molar-refractivity contribution in [3.63, 3.8) is 0 Å². The number of guanidine groups is 1. The Hall–Kier alpha value is -2.33. The van der Waals surface area contributed by atoms with E-state index in [-0.39, 0.29) is 18.5 Å². The van der Waals surface area contributed by atoms with Crippen molar-refractivity contribution >= 4 is 23.8 Å². The highest BCUT2D eigenvalue weighted by Gasteiger charge is 2.47. The molecule has 0 bridgehead atoms. The number of nitrogens with zero attached hydrogens (tertiary/aromatic N) is 2. The van der Waals surface area contributed by atoms with Gasteiger partial charge in [-0.15, -0.1) is 0 Å². The third-order valence-electron chi connectivity index (χ3n) is 6.62. The van der Waals surface area contributed by atoms with E-state index in [0.717, 1.165) is 43.2 Å². The molecule has 0 aromatic heterocycles. The lowest BCUT2D eigenvalue weighted by Gasteiger charge is -2.33. The van der Waals surface area contributed by atoms with Crippen molar-refractivity contribution in [1.29, 1.82) is 0 Å². The van der Waals surface area contributed by atoms with E-state index >= 15 is 0 Å². The molecule has 34 heavy (non-hydrogen) atoms. The molecule has 2 saturated heterocycles. The lowest BCUT2D eigenvalue weighted by molar-refractivity contribution is 0.0822. The number of carbonyl (C=O) groups is 1. The van der Waals surface area contributed by atoms with Gasteiger partial charge in [-0.1, -0.05) is 30.8 Å². The van der Waals surface area contributed by atoms with Gasteiger partial charge in [0.1, 0.15) is 0 Å². The van der Waals surface area contributed by atoms with Gasteiger partial charge in [-0.3, -0.25) is 0 Å². The Morgan fingerprint density at radius 1 is 1.29 bits per heavy atom. The van der Waals surface area contributed by atoms with Crippen LogP contribution in [0.4, 0.5) is 13.6 Å². The van der Waals surface area contributed by atoms with Crippen LogP contribution in [-0.4, -0.2) is 59.5 Å². The first-order chi connectivity index (χ1) is 16.2. The molecule has 0 aliphatic carbocycles. The fraction of sp³-hybridized carbons (Fsp3) is 0.583. The van der Waals surface area contributed by atoms with E-state index in [1.54, 1.807) is 24.3 Å². The number of amides is 2. The number of benzene rings is 1. The number of likely N-dealkylation sites (tertiary alicyclic amines) is 1. The minimum atomic E-state index is -2.78. The van der Waals surface area contributed by atoms with Crippen molar-refractivity contribution < 1.29 is 18.3 Å². The molecule has 1 aromatic carbocycles. The molecule has 2 amide bonds. The fourth-order valence-corrected chi connectivity index (χ4v) is 5.20. The van der Waals surface area contributed by atoms with E-state index in [4.69, 9.17) is 4.74 Å². The minimum Gasteiger partial charge on any atom is -0.381 e. The summed E-state index contributed by atoms with van der Waals surface area (Å²) in [6.45, 7) is 7.87. The Morgan fingerprint density at radius 3 is 2.68 bits per heavy atom. The maximum absolute atomic E-state index is 13.6. The summed E-state index contributed by atoms with van der Waals surface area (Å²) in [6.07, 6.45) is 3.55.